The Bertz CT molecular complexity index is 558. The van der Waals surface area contributed by atoms with Gasteiger partial charge in [-0.05, 0) is 0 Å². The summed E-state index contributed by atoms with van der Waals surface area (Å²) in [5.41, 5.74) is 5.67. The number of hydrogen-bond acceptors (Lipinski definition) is 6. The lowest BCUT2D eigenvalue weighted by molar-refractivity contribution is -0.138. The molecule has 7 N–H and O–H groups in total. The molecule has 0 radical (unpaired) electrons. The molecule has 11 nitrogen and oxygen atoms in total. The monoisotopic (exact) mass is 326 g/mol. The Morgan fingerprint density at radius 2 is 1.96 bits per heavy atom. The highest BCUT2D eigenvalue weighted by Gasteiger charge is 2.22. The van der Waals surface area contributed by atoms with E-state index in [2.05, 4.69) is 25.9 Å². The minimum absolute atomic E-state index is 0.0853. The fraction of sp³-hybridized carbons (Fsp3) is 0.417. The van der Waals surface area contributed by atoms with Crippen LogP contribution in [-0.2, 0) is 25.6 Å². The zero-order valence-electron chi connectivity index (χ0n) is 12.2. The number of imidazole rings is 1. The lowest BCUT2D eigenvalue weighted by atomic mass is 10.1. The van der Waals surface area contributed by atoms with E-state index >= 15 is 0 Å². The van der Waals surface area contributed by atoms with Crippen LogP contribution in [0, 0.1) is 0 Å². The average molecular weight is 326 g/mol. The van der Waals surface area contributed by atoms with E-state index in [0.29, 0.717) is 5.69 Å². The number of aromatic amines is 1. The van der Waals surface area contributed by atoms with Crippen LogP contribution in [0.3, 0.4) is 0 Å². The van der Waals surface area contributed by atoms with E-state index in [-0.39, 0.29) is 19.5 Å². The molecule has 0 fully saturated rings. The molecule has 126 valence electrons. The normalized spacial score (nSPS) is 11.3. The maximum absolute atomic E-state index is 12.0. The lowest BCUT2D eigenvalue weighted by Gasteiger charge is -2.17. The van der Waals surface area contributed by atoms with Gasteiger partial charge in [0.1, 0.15) is 12.6 Å². The quantitative estimate of drug-likeness (QED) is 0.275. The molecule has 0 aliphatic carbocycles. The first-order valence-corrected chi connectivity index (χ1v) is 6.65. The van der Waals surface area contributed by atoms with Crippen molar-refractivity contribution in [1.29, 1.82) is 0 Å². The summed E-state index contributed by atoms with van der Waals surface area (Å²) in [5.74, 6) is -3.00. The van der Waals surface area contributed by atoms with Gasteiger partial charge in [-0.25, -0.2) is 4.98 Å². The molecular formula is C12H18N6O5. The summed E-state index contributed by atoms with van der Waals surface area (Å²) in [7, 11) is 0. The maximum atomic E-state index is 12.0. The van der Waals surface area contributed by atoms with Crippen molar-refractivity contribution < 1.29 is 24.3 Å². The third kappa shape index (κ3) is 7.04. The highest BCUT2D eigenvalue weighted by molar-refractivity contribution is 5.91. The van der Waals surface area contributed by atoms with E-state index in [4.69, 9.17) is 10.8 Å². The number of nitrogens with zero attached hydrogens (tertiary/aromatic N) is 1. The molecule has 0 aliphatic rings. The van der Waals surface area contributed by atoms with Crippen LogP contribution >= 0.6 is 0 Å². The number of rotatable bonds is 9. The Labute approximate surface area is 131 Å². The highest BCUT2D eigenvalue weighted by atomic mass is 16.4. The van der Waals surface area contributed by atoms with Gasteiger partial charge in [-0.3, -0.25) is 19.2 Å². The van der Waals surface area contributed by atoms with Crippen molar-refractivity contribution in [3.8, 4) is 0 Å². The van der Waals surface area contributed by atoms with E-state index in [9.17, 15) is 19.2 Å². The van der Waals surface area contributed by atoms with Crippen molar-refractivity contribution in [2.45, 2.75) is 12.5 Å². The fourth-order valence-electron chi connectivity index (χ4n) is 1.61. The van der Waals surface area contributed by atoms with Crippen LogP contribution in [0.5, 0.6) is 0 Å². The van der Waals surface area contributed by atoms with Gasteiger partial charge in [-0.15, -0.1) is 0 Å². The number of carbonyl (C=O) groups is 4. The molecule has 0 unspecified atom stereocenters. The molecule has 0 aromatic carbocycles. The molecule has 3 amide bonds. The number of nitrogens with two attached hydrogens (primary N) is 1. The maximum Gasteiger partial charge on any atom is 0.322 e. The van der Waals surface area contributed by atoms with Crippen molar-refractivity contribution >= 4 is 23.7 Å². The molecule has 0 bridgehead atoms. The zero-order chi connectivity index (χ0) is 17.2. The molecule has 1 atom stereocenters. The Hall–Kier alpha value is -2.95. The van der Waals surface area contributed by atoms with Crippen LogP contribution in [-0.4, -0.2) is 64.4 Å². The number of aliphatic carboxylic acids is 1. The van der Waals surface area contributed by atoms with Crippen LogP contribution in [0.2, 0.25) is 0 Å². The molecular weight excluding hydrogens is 308 g/mol. The van der Waals surface area contributed by atoms with Crippen LogP contribution in [0.15, 0.2) is 12.5 Å². The molecule has 0 aliphatic heterocycles. The first-order valence-electron chi connectivity index (χ1n) is 6.65. The van der Waals surface area contributed by atoms with Crippen LogP contribution in [0.4, 0.5) is 0 Å². The van der Waals surface area contributed by atoms with Crippen LogP contribution in [0.1, 0.15) is 5.69 Å². The van der Waals surface area contributed by atoms with Gasteiger partial charge in [0.05, 0.1) is 19.4 Å². The largest absolute Gasteiger partial charge is 0.480 e. The van der Waals surface area contributed by atoms with Gasteiger partial charge in [0.15, 0.2) is 0 Å². The fourth-order valence-corrected chi connectivity index (χ4v) is 1.61. The third-order valence-corrected chi connectivity index (χ3v) is 2.68. The topological polar surface area (TPSA) is 179 Å². The Kier molecular flexibility index (Phi) is 7.20. The molecule has 1 aromatic heterocycles. The zero-order valence-corrected chi connectivity index (χ0v) is 12.2. The second-order valence-electron chi connectivity index (χ2n) is 4.49. The molecule has 0 saturated heterocycles. The molecule has 1 aromatic rings. The molecule has 23 heavy (non-hydrogen) atoms. The van der Waals surface area contributed by atoms with Crippen molar-refractivity contribution in [3.63, 3.8) is 0 Å². The van der Waals surface area contributed by atoms with Crippen molar-refractivity contribution in [1.82, 2.24) is 25.9 Å². The summed E-state index contributed by atoms with van der Waals surface area (Å²) in [5, 5.41) is 15.4. The van der Waals surface area contributed by atoms with Gasteiger partial charge in [-0.1, -0.05) is 0 Å². The minimum Gasteiger partial charge on any atom is -0.480 e. The van der Waals surface area contributed by atoms with E-state index in [1.54, 1.807) is 0 Å². The summed E-state index contributed by atoms with van der Waals surface area (Å²) >= 11 is 0. The summed E-state index contributed by atoms with van der Waals surface area (Å²) in [6.07, 6.45) is 2.96. The summed E-state index contributed by atoms with van der Waals surface area (Å²) in [6, 6.07) is -1.02. The molecule has 1 rings (SSSR count). The van der Waals surface area contributed by atoms with E-state index < -0.39 is 36.3 Å². The Morgan fingerprint density at radius 1 is 1.22 bits per heavy atom. The number of hydrogen-bond donors (Lipinski definition) is 6. The van der Waals surface area contributed by atoms with Gasteiger partial charge in [0.25, 0.3) is 0 Å². The second kappa shape index (κ2) is 9.15. The second-order valence-corrected chi connectivity index (χ2v) is 4.49. The predicted octanol–water partition coefficient (Wildman–Crippen LogP) is -3.29. The minimum atomic E-state index is -1.21. The summed E-state index contributed by atoms with van der Waals surface area (Å²) in [6.45, 7) is -1.18. The molecule has 1 heterocycles. The molecule has 0 spiro atoms. The average Bonchev–Trinajstić information content (AvgIpc) is 3.02. The van der Waals surface area contributed by atoms with Gasteiger partial charge in [0.2, 0.25) is 17.7 Å². The van der Waals surface area contributed by atoms with Crippen LogP contribution < -0.4 is 21.7 Å². The van der Waals surface area contributed by atoms with E-state index in [1.165, 1.54) is 12.5 Å². The molecule has 11 heteroatoms. The number of amides is 3. The van der Waals surface area contributed by atoms with E-state index in [0.717, 1.165) is 0 Å². The number of carboxylic acid groups (broad SMARTS) is 1. The van der Waals surface area contributed by atoms with E-state index in [1.807, 2.05) is 0 Å². The van der Waals surface area contributed by atoms with Gasteiger partial charge in [-0.2, -0.15) is 0 Å². The van der Waals surface area contributed by atoms with Crippen LogP contribution in [0.25, 0.3) is 0 Å². The SMILES string of the molecule is NCC(=O)NCC(=O)N[C@@H](Cc1cnc[nH]1)C(=O)NCC(=O)O. The van der Waals surface area contributed by atoms with Crippen molar-refractivity contribution in [2.75, 3.05) is 19.6 Å². The van der Waals surface area contributed by atoms with Gasteiger partial charge < -0.3 is 31.8 Å². The third-order valence-electron chi connectivity index (χ3n) is 2.68. The first kappa shape index (κ1) is 18.1. The highest BCUT2D eigenvalue weighted by Crippen LogP contribution is 1.99. The molecule has 0 saturated carbocycles. The predicted molar refractivity (Wildman–Crippen MR) is 76.9 cm³/mol. The van der Waals surface area contributed by atoms with Crippen molar-refractivity contribution in [2.24, 2.45) is 5.73 Å². The summed E-state index contributed by atoms with van der Waals surface area (Å²) in [4.78, 5) is 51.8. The Morgan fingerprint density at radius 3 is 2.52 bits per heavy atom. The Balaban J connectivity index is 2.62. The number of nitrogens with one attached hydrogen (secondary N) is 4. The number of carbonyl (C=O) groups excluding carboxylic acids is 3. The lowest BCUT2D eigenvalue weighted by Crippen LogP contribution is -2.51. The first-order chi connectivity index (χ1) is 10.9. The number of H-pyrrole nitrogens is 1. The standard InChI is InChI=1S/C12H18N6O5/c13-2-9(19)15-4-10(20)18-8(1-7-3-14-6-17-7)12(23)16-5-11(21)22/h3,6,8H,1-2,4-5,13H2,(H,14,17)(H,15,19)(H,16,23)(H,18,20)(H,21,22)/t8-/m0/s1. The summed E-state index contributed by atoms with van der Waals surface area (Å²) < 4.78 is 0. The van der Waals surface area contributed by atoms with Gasteiger partial charge >= 0.3 is 5.97 Å². The number of carboxylic acids is 1. The van der Waals surface area contributed by atoms with Crippen molar-refractivity contribution in [3.05, 3.63) is 18.2 Å². The smallest absolute Gasteiger partial charge is 0.322 e. The van der Waals surface area contributed by atoms with Gasteiger partial charge in [0, 0.05) is 18.3 Å². The number of aromatic nitrogens is 2.